The highest BCUT2D eigenvalue weighted by molar-refractivity contribution is 5.91. The summed E-state index contributed by atoms with van der Waals surface area (Å²) in [5.74, 6) is 0.710. The maximum Gasteiger partial charge on any atom is 0.337 e. The Morgan fingerprint density at radius 2 is 1.77 bits per heavy atom. The molecule has 0 aliphatic rings. The van der Waals surface area contributed by atoms with Crippen molar-refractivity contribution in [3.05, 3.63) is 82.2 Å². The number of aromatic carboxylic acids is 1. The zero-order chi connectivity index (χ0) is 22.4. The SMILES string of the molecule is COc1ccc(OC)c(CCNCc2c(C(=O)O)c(C)n(Cc3ccccc3)c2C)c1. The van der Waals surface area contributed by atoms with Crippen molar-refractivity contribution in [2.45, 2.75) is 33.4 Å². The summed E-state index contributed by atoms with van der Waals surface area (Å²) >= 11 is 0. The van der Waals surface area contributed by atoms with Crippen LogP contribution >= 0.6 is 0 Å². The Balaban J connectivity index is 1.74. The number of nitrogens with one attached hydrogen (secondary N) is 1. The second kappa shape index (κ2) is 10.2. The van der Waals surface area contributed by atoms with E-state index in [9.17, 15) is 9.90 Å². The molecular weight excluding hydrogens is 392 g/mol. The Labute approximate surface area is 183 Å². The maximum atomic E-state index is 12.0. The third-order valence-electron chi connectivity index (χ3n) is 5.67. The van der Waals surface area contributed by atoms with Gasteiger partial charge in [0.25, 0.3) is 0 Å². The van der Waals surface area contributed by atoms with Crippen LogP contribution in [0.3, 0.4) is 0 Å². The van der Waals surface area contributed by atoms with Crippen LogP contribution in [-0.2, 0) is 19.5 Å². The second-order valence-electron chi connectivity index (χ2n) is 7.51. The minimum Gasteiger partial charge on any atom is -0.497 e. The summed E-state index contributed by atoms with van der Waals surface area (Å²) in [4.78, 5) is 12.0. The van der Waals surface area contributed by atoms with E-state index in [0.29, 0.717) is 25.2 Å². The molecule has 0 aliphatic carbocycles. The molecule has 0 saturated carbocycles. The van der Waals surface area contributed by atoms with Crippen LogP contribution in [0.25, 0.3) is 0 Å². The van der Waals surface area contributed by atoms with Gasteiger partial charge < -0.3 is 24.5 Å². The molecule has 3 rings (SSSR count). The fraction of sp³-hybridized carbons (Fsp3) is 0.320. The summed E-state index contributed by atoms with van der Waals surface area (Å²) in [7, 11) is 3.29. The lowest BCUT2D eigenvalue weighted by Crippen LogP contribution is -2.19. The summed E-state index contributed by atoms with van der Waals surface area (Å²) in [6, 6.07) is 15.8. The third kappa shape index (κ3) is 5.09. The van der Waals surface area contributed by atoms with E-state index in [-0.39, 0.29) is 0 Å². The smallest absolute Gasteiger partial charge is 0.337 e. The van der Waals surface area contributed by atoms with E-state index < -0.39 is 5.97 Å². The minimum absolute atomic E-state index is 0.389. The topological polar surface area (TPSA) is 72.7 Å². The van der Waals surface area contributed by atoms with E-state index in [4.69, 9.17) is 9.47 Å². The van der Waals surface area contributed by atoms with Gasteiger partial charge in [-0.15, -0.1) is 0 Å². The maximum absolute atomic E-state index is 12.0. The monoisotopic (exact) mass is 422 g/mol. The summed E-state index contributed by atoms with van der Waals surface area (Å²) in [6.07, 6.45) is 0.742. The molecule has 0 saturated heterocycles. The highest BCUT2D eigenvalue weighted by Crippen LogP contribution is 2.25. The van der Waals surface area contributed by atoms with Crippen LogP contribution in [0.15, 0.2) is 48.5 Å². The fourth-order valence-corrected chi connectivity index (χ4v) is 3.97. The first-order chi connectivity index (χ1) is 15.0. The molecule has 0 radical (unpaired) electrons. The molecule has 0 unspecified atom stereocenters. The van der Waals surface area contributed by atoms with Gasteiger partial charge in [0.1, 0.15) is 11.5 Å². The Bertz CT molecular complexity index is 1040. The molecule has 1 heterocycles. The predicted molar refractivity (Wildman–Crippen MR) is 121 cm³/mol. The molecule has 0 fully saturated rings. The zero-order valence-corrected chi connectivity index (χ0v) is 18.6. The van der Waals surface area contributed by atoms with E-state index in [1.165, 1.54) is 0 Å². The Kier molecular flexibility index (Phi) is 7.36. The molecule has 6 heteroatoms. The molecule has 0 spiro atoms. The normalized spacial score (nSPS) is 10.8. The molecule has 164 valence electrons. The number of carboxylic acids is 1. The van der Waals surface area contributed by atoms with Crippen LogP contribution in [0, 0.1) is 13.8 Å². The fourth-order valence-electron chi connectivity index (χ4n) is 3.97. The number of hydrogen-bond donors (Lipinski definition) is 2. The van der Waals surface area contributed by atoms with Crippen molar-refractivity contribution in [2.75, 3.05) is 20.8 Å². The molecule has 2 aromatic carbocycles. The standard InChI is InChI=1S/C25H30N2O4/c1-17-22(15-26-13-12-20-14-21(30-3)10-11-23(20)31-4)24(25(28)29)18(2)27(17)16-19-8-6-5-7-9-19/h5-11,14,26H,12-13,15-16H2,1-4H3,(H,28,29). The van der Waals surface area contributed by atoms with Gasteiger partial charge in [-0.2, -0.15) is 0 Å². The van der Waals surface area contributed by atoms with Gasteiger partial charge in [-0.05, 0) is 56.1 Å². The number of methoxy groups -OCH3 is 2. The molecule has 0 atom stereocenters. The number of carboxylic acid groups (broad SMARTS) is 1. The van der Waals surface area contributed by atoms with Crippen LogP contribution in [-0.4, -0.2) is 36.4 Å². The van der Waals surface area contributed by atoms with Crippen molar-refractivity contribution in [1.82, 2.24) is 9.88 Å². The molecule has 1 aromatic heterocycles. The number of benzene rings is 2. The van der Waals surface area contributed by atoms with Crippen LogP contribution in [0.2, 0.25) is 0 Å². The molecule has 0 amide bonds. The van der Waals surface area contributed by atoms with Gasteiger partial charge in [0.15, 0.2) is 0 Å². The van der Waals surface area contributed by atoms with Crippen LogP contribution in [0.4, 0.5) is 0 Å². The molecule has 2 N–H and O–H groups in total. The van der Waals surface area contributed by atoms with Gasteiger partial charge >= 0.3 is 5.97 Å². The van der Waals surface area contributed by atoms with Crippen LogP contribution in [0.5, 0.6) is 11.5 Å². The lowest BCUT2D eigenvalue weighted by molar-refractivity contribution is 0.0694. The van der Waals surface area contributed by atoms with E-state index in [1.54, 1.807) is 14.2 Å². The Morgan fingerprint density at radius 1 is 1.03 bits per heavy atom. The zero-order valence-electron chi connectivity index (χ0n) is 18.6. The molecule has 3 aromatic rings. The summed E-state index contributed by atoms with van der Waals surface area (Å²) in [5.41, 5.74) is 5.16. The lowest BCUT2D eigenvalue weighted by Gasteiger charge is -2.12. The van der Waals surface area contributed by atoms with E-state index in [2.05, 4.69) is 22.0 Å². The number of ether oxygens (including phenoxy) is 2. The average molecular weight is 423 g/mol. The summed E-state index contributed by atoms with van der Waals surface area (Å²) < 4.78 is 12.8. The number of aromatic nitrogens is 1. The quantitative estimate of drug-likeness (QED) is 0.479. The van der Waals surface area contributed by atoms with Gasteiger partial charge in [-0.1, -0.05) is 30.3 Å². The van der Waals surface area contributed by atoms with Gasteiger partial charge in [0, 0.05) is 30.0 Å². The molecule has 0 bridgehead atoms. The molecule has 0 aliphatic heterocycles. The lowest BCUT2D eigenvalue weighted by atomic mass is 10.1. The van der Waals surface area contributed by atoms with Crippen molar-refractivity contribution >= 4 is 5.97 Å². The highest BCUT2D eigenvalue weighted by Gasteiger charge is 2.22. The summed E-state index contributed by atoms with van der Waals surface area (Å²) in [6.45, 7) is 5.70. The first kappa shape index (κ1) is 22.4. The first-order valence-electron chi connectivity index (χ1n) is 10.3. The summed E-state index contributed by atoms with van der Waals surface area (Å²) in [5, 5.41) is 13.2. The Hall–Kier alpha value is -3.25. The predicted octanol–water partition coefficient (Wildman–Crippen LogP) is 4.20. The average Bonchev–Trinajstić information content (AvgIpc) is 3.01. The number of carbonyl (C=O) groups is 1. The van der Waals surface area contributed by atoms with Crippen molar-refractivity contribution in [2.24, 2.45) is 0 Å². The van der Waals surface area contributed by atoms with Crippen LogP contribution < -0.4 is 14.8 Å². The third-order valence-corrected chi connectivity index (χ3v) is 5.67. The van der Waals surface area contributed by atoms with E-state index >= 15 is 0 Å². The van der Waals surface area contributed by atoms with Crippen molar-refractivity contribution in [1.29, 1.82) is 0 Å². The number of nitrogens with zero attached hydrogens (tertiary/aromatic N) is 1. The van der Waals surface area contributed by atoms with Crippen molar-refractivity contribution in [3.63, 3.8) is 0 Å². The van der Waals surface area contributed by atoms with Gasteiger partial charge in [0.05, 0.1) is 19.8 Å². The van der Waals surface area contributed by atoms with Gasteiger partial charge in [0.2, 0.25) is 0 Å². The number of hydrogen-bond acceptors (Lipinski definition) is 4. The largest absolute Gasteiger partial charge is 0.497 e. The van der Waals surface area contributed by atoms with E-state index in [0.717, 1.165) is 46.0 Å². The first-order valence-corrected chi connectivity index (χ1v) is 10.3. The molecule has 31 heavy (non-hydrogen) atoms. The number of rotatable bonds is 10. The molecular formula is C25H30N2O4. The Morgan fingerprint density at radius 3 is 2.42 bits per heavy atom. The van der Waals surface area contributed by atoms with E-state index in [1.807, 2.05) is 50.2 Å². The van der Waals surface area contributed by atoms with Crippen molar-refractivity contribution in [3.8, 4) is 11.5 Å². The highest BCUT2D eigenvalue weighted by atomic mass is 16.5. The van der Waals surface area contributed by atoms with Gasteiger partial charge in [-0.25, -0.2) is 4.79 Å². The molecule has 6 nitrogen and oxygen atoms in total. The van der Waals surface area contributed by atoms with Crippen molar-refractivity contribution < 1.29 is 19.4 Å². The van der Waals surface area contributed by atoms with Crippen LogP contribution in [0.1, 0.15) is 38.4 Å². The second-order valence-corrected chi connectivity index (χ2v) is 7.51. The minimum atomic E-state index is -0.890. The van der Waals surface area contributed by atoms with Gasteiger partial charge in [-0.3, -0.25) is 0 Å².